The highest BCUT2D eigenvalue weighted by Gasteiger charge is 2.21. The minimum absolute atomic E-state index is 0.0920. The van der Waals surface area contributed by atoms with Gasteiger partial charge in [0.2, 0.25) is 5.43 Å². The Labute approximate surface area is 406 Å². The number of hydrogen-bond donors (Lipinski definition) is 0. The lowest BCUT2D eigenvalue weighted by molar-refractivity contribution is 0.658. The van der Waals surface area contributed by atoms with Crippen LogP contribution in [0, 0.1) is 0 Å². The Balaban J connectivity index is 0.912. The van der Waals surface area contributed by atoms with Gasteiger partial charge in [0, 0.05) is 49.5 Å². The zero-order valence-corrected chi connectivity index (χ0v) is 38.1. The van der Waals surface area contributed by atoms with Crippen LogP contribution in [0.4, 0.5) is 0 Å². The maximum Gasteiger partial charge on any atom is 0.200 e. The van der Waals surface area contributed by atoms with Crippen LogP contribution < -0.4 is 5.43 Å². The number of fused-ring (bicyclic) bond motifs is 8. The van der Waals surface area contributed by atoms with Crippen molar-refractivity contribution in [3.8, 4) is 67.8 Å². The maximum atomic E-state index is 14.7. The Morgan fingerprint density at radius 3 is 1.39 bits per heavy atom. The van der Waals surface area contributed by atoms with E-state index < -0.39 is 0 Å². The second kappa shape index (κ2) is 16.2. The molecule has 0 saturated heterocycles. The van der Waals surface area contributed by atoms with Gasteiger partial charge in [-0.25, -0.2) is 15.0 Å². The zero-order valence-electron chi connectivity index (χ0n) is 38.1. The van der Waals surface area contributed by atoms with Gasteiger partial charge in [-0.15, -0.1) is 0 Å². The molecule has 7 nitrogen and oxygen atoms in total. The molecule has 0 N–H and O–H groups in total. The lowest BCUT2D eigenvalue weighted by atomic mass is 9.99. The molecule has 10 aromatic carbocycles. The Morgan fingerprint density at radius 1 is 0.310 bits per heavy atom. The highest BCUT2D eigenvalue weighted by atomic mass is 16.3. The monoisotopic (exact) mass is 909 g/mol. The summed E-state index contributed by atoms with van der Waals surface area (Å²) in [6.07, 6.45) is 0. The molecule has 0 amide bonds. The Bertz CT molecular complexity index is 4420. The lowest BCUT2D eigenvalue weighted by Crippen LogP contribution is -2.05. The van der Waals surface area contributed by atoms with E-state index in [2.05, 4.69) is 130 Å². The third-order valence-electron chi connectivity index (χ3n) is 13.8. The average molecular weight is 910 g/mol. The van der Waals surface area contributed by atoms with Gasteiger partial charge < -0.3 is 13.6 Å². The summed E-state index contributed by atoms with van der Waals surface area (Å²) in [5.41, 5.74) is 13.7. The highest BCUT2D eigenvalue weighted by Crippen LogP contribution is 2.40. The van der Waals surface area contributed by atoms with E-state index in [0.29, 0.717) is 39.4 Å². The van der Waals surface area contributed by atoms with Crippen molar-refractivity contribution in [2.45, 2.75) is 0 Å². The van der Waals surface area contributed by atoms with Crippen LogP contribution >= 0.6 is 0 Å². The largest absolute Gasteiger partial charge is 0.453 e. The van der Waals surface area contributed by atoms with Gasteiger partial charge in [-0.05, 0) is 89.5 Å². The number of rotatable bonds is 7. The van der Waals surface area contributed by atoms with Crippen LogP contribution in [0.25, 0.3) is 133 Å². The molecule has 0 aliphatic carbocycles. The Kier molecular flexibility index (Phi) is 9.22. The smallest absolute Gasteiger partial charge is 0.200 e. The van der Waals surface area contributed by atoms with Crippen molar-refractivity contribution in [3.05, 3.63) is 247 Å². The first kappa shape index (κ1) is 40.4. The fraction of sp³-hybridized carbons (Fsp3) is 0. The predicted molar refractivity (Wildman–Crippen MR) is 289 cm³/mol. The molecule has 332 valence electrons. The van der Waals surface area contributed by atoms with E-state index in [4.69, 9.17) is 19.4 Å². The van der Waals surface area contributed by atoms with Crippen LogP contribution in [0.5, 0.6) is 0 Å². The van der Waals surface area contributed by atoms with E-state index in [0.717, 1.165) is 77.6 Å². The minimum Gasteiger partial charge on any atom is -0.453 e. The Hall–Kier alpha value is -9.72. The van der Waals surface area contributed by atoms with Gasteiger partial charge in [-0.2, -0.15) is 0 Å². The molecular formula is C64H39N5O2. The number of para-hydroxylation sites is 5. The molecule has 71 heavy (non-hydrogen) atoms. The molecule has 0 unspecified atom stereocenters. The second-order valence-electron chi connectivity index (χ2n) is 17.9. The van der Waals surface area contributed by atoms with Gasteiger partial charge in [0.05, 0.1) is 38.5 Å². The molecule has 0 bridgehead atoms. The Morgan fingerprint density at radius 2 is 0.761 bits per heavy atom. The summed E-state index contributed by atoms with van der Waals surface area (Å²) in [4.78, 5) is 29.6. The van der Waals surface area contributed by atoms with Crippen molar-refractivity contribution in [2.75, 3.05) is 0 Å². The van der Waals surface area contributed by atoms with Crippen LogP contribution in [0.1, 0.15) is 0 Å². The molecule has 14 rings (SSSR count). The predicted octanol–water partition coefficient (Wildman–Crippen LogP) is 15.7. The van der Waals surface area contributed by atoms with Gasteiger partial charge in [0.1, 0.15) is 5.58 Å². The molecular weight excluding hydrogens is 871 g/mol. The van der Waals surface area contributed by atoms with Crippen LogP contribution in [0.3, 0.4) is 0 Å². The van der Waals surface area contributed by atoms with E-state index in [1.807, 2.05) is 115 Å². The maximum absolute atomic E-state index is 14.7. The van der Waals surface area contributed by atoms with E-state index in [-0.39, 0.29) is 5.43 Å². The van der Waals surface area contributed by atoms with E-state index in [1.165, 1.54) is 16.3 Å². The van der Waals surface area contributed by atoms with E-state index in [9.17, 15) is 4.79 Å². The van der Waals surface area contributed by atoms with E-state index >= 15 is 0 Å². The molecule has 0 saturated carbocycles. The molecule has 0 atom stereocenters. The molecule has 0 radical (unpaired) electrons. The zero-order chi connectivity index (χ0) is 47.0. The first-order chi connectivity index (χ1) is 35.1. The van der Waals surface area contributed by atoms with Crippen molar-refractivity contribution >= 4 is 65.6 Å². The standard InChI is InChI=1S/C64H39N5O2/c70-59-50-28-15-27-47(44-21-14-22-45(37-44)64-66-62(40-17-4-1-5-18-40)65-63(67-64)41-19-6-2-7-20-41)60(50)71-61-51(59)29-16-32-58(61)69-55-31-13-11-26-49(55)53-39-43(34-36-57(53)69)42-33-35-56-52(38-42)48-25-10-12-30-54(48)68(56)46-23-8-3-9-24-46/h1-39H. The first-order valence-corrected chi connectivity index (χ1v) is 23.7. The summed E-state index contributed by atoms with van der Waals surface area (Å²) in [6, 6.07) is 80.8. The number of aromatic nitrogens is 5. The third-order valence-corrected chi connectivity index (χ3v) is 13.8. The van der Waals surface area contributed by atoms with E-state index in [1.54, 1.807) is 0 Å². The fourth-order valence-corrected chi connectivity index (χ4v) is 10.5. The third kappa shape index (κ3) is 6.59. The van der Waals surface area contributed by atoms with Crippen LogP contribution in [0.15, 0.2) is 246 Å². The van der Waals surface area contributed by atoms with Crippen LogP contribution in [-0.4, -0.2) is 24.1 Å². The highest BCUT2D eigenvalue weighted by molar-refractivity contribution is 6.13. The lowest BCUT2D eigenvalue weighted by Gasteiger charge is -2.13. The summed E-state index contributed by atoms with van der Waals surface area (Å²) in [5.74, 6) is 1.71. The summed E-state index contributed by atoms with van der Waals surface area (Å²) in [7, 11) is 0. The summed E-state index contributed by atoms with van der Waals surface area (Å²) >= 11 is 0. The number of nitrogens with zero attached hydrogens (tertiary/aromatic N) is 5. The van der Waals surface area contributed by atoms with Crippen LogP contribution in [0.2, 0.25) is 0 Å². The van der Waals surface area contributed by atoms with Crippen LogP contribution in [-0.2, 0) is 0 Å². The quantitative estimate of drug-likeness (QED) is 0.149. The molecule has 4 heterocycles. The average Bonchev–Trinajstić information content (AvgIpc) is 3.96. The molecule has 4 aromatic heterocycles. The summed E-state index contributed by atoms with van der Waals surface area (Å²) < 4.78 is 11.7. The normalized spacial score (nSPS) is 11.7. The molecule has 7 heteroatoms. The van der Waals surface area contributed by atoms with Gasteiger partial charge in [-0.3, -0.25) is 4.79 Å². The van der Waals surface area contributed by atoms with Crippen molar-refractivity contribution in [2.24, 2.45) is 0 Å². The molecule has 0 aliphatic rings. The SMILES string of the molecule is O=c1c2cccc(-c3cccc(-c4nc(-c5ccccc5)nc(-c5ccccc5)n4)c3)c2oc2c(-n3c4ccccc4c4cc(-c5ccc6c(c5)c5ccccc5n6-c5ccccc5)ccc43)cccc12. The van der Waals surface area contributed by atoms with Gasteiger partial charge >= 0.3 is 0 Å². The van der Waals surface area contributed by atoms with Crippen molar-refractivity contribution in [1.29, 1.82) is 0 Å². The van der Waals surface area contributed by atoms with Gasteiger partial charge in [0.25, 0.3) is 0 Å². The van der Waals surface area contributed by atoms with Crippen molar-refractivity contribution in [1.82, 2.24) is 24.1 Å². The molecule has 0 fully saturated rings. The summed E-state index contributed by atoms with van der Waals surface area (Å²) in [5, 5.41) is 5.64. The topological polar surface area (TPSA) is 78.7 Å². The fourth-order valence-electron chi connectivity index (χ4n) is 10.5. The molecule has 0 spiro atoms. The molecule has 0 aliphatic heterocycles. The minimum atomic E-state index is -0.0920. The second-order valence-corrected chi connectivity index (χ2v) is 17.9. The van der Waals surface area contributed by atoms with Crippen molar-refractivity contribution < 1.29 is 4.42 Å². The molecule has 14 aromatic rings. The van der Waals surface area contributed by atoms with Gasteiger partial charge in [0.15, 0.2) is 23.1 Å². The summed E-state index contributed by atoms with van der Waals surface area (Å²) in [6.45, 7) is 0. The number of hydrogen-bond acceptors (Lipinski definition) is 5. The van der Waals surface area contributed by atoms with Crippen molar-refractivity contribution in [3.63, 3.8) is 0 Å². The van der Waals surface area contributed by atoms with Gasteiger partial charge in [-0.1, -0.05) is 164 Å². The first-order valence-electron chi connectivity index (χ1n) is 23.7. The number of benzene rings is 10.